The lowest BCUT2D eigenvalue weighted by molar-refractivity contribution is -0.136. The van der Waals surface area contributed by atoms with Gasteiger partial charge in [0.05, 0.1) is 19.9 Å². The molecule has 3 rings (SSSR count). The van der Waals surface area contributed by atoms with E-state index < -0.39 is 11.8 Å². The highest BCUT2D eigenvalue weighted by atomic mass is 32.1. The Kier molecular flexibility index (Phi) is 7.06. The third-order valence-electron chi connectivity index (χ3n) is 3.75. The highest BCUT2D eigenvalue weighted by molar-refractivity contribution is 7.18. The Morgan fingerprint density at radius 2 is 1.93 bits per heavy atom. The predicted octanol–water partition coefficient (Wildman–Crippen LogP) is 2.70. The normalized spacial score (nSPS) is 10.6. The molecule has 154 valence electrons. The van der Waals surface area contributed by atoms with Gasteiger partial charge in [0.15, 0.2) is 0 Å². The number of methoxy groups -OCH3 is 1. The molecule has 10 heteroatoms. The van der Waals surface area contributed by atoms with Crippen LogP contribution in [0.2, 0.25) is 0 Å². The fraction of sp³-hybridized carbons (Fsp3) is 0.150. The number of amides is 2. The summed E-state index contributed by atoms with van der Waals surface area (Å²) in [6.45, 7) is 2.38. The Balaban J connectivity index is 1.59. The zero-order valence-electron chi connectivity index (χ0n) is 16.3. The van der Waals surface area contributed by atoms with Gasteiger partial charge in [0.2, 0.25) is 5.13 Å². The maximum absolute atomic E-state index is 12.1. The summed E-state index contributed by atoms with van der Waals surface area (Å²) >= 11 is 1.16. The zero-order chi connectivity index (χ0) is 21.3. The van der Waals surface area contributed by atoms with Crippen LogP contribution in [-0.2, 0) is 9.59 Å². The van der Waals surface area contributed by atoms with Gasteiger partial charge in [-0.2, -0.15) is 5.10 Å². The van der Waals surface area contributed by atoms with Crippen molar-refractivity contribution in [2.45, 2.75) is 6.92 Å². The average molecular weight is 425 g/mol. The van der Waals surface area contributed by atoms with Crippen LogP contribution in [-0.4, -0.2) is 41.9 Å². The average Bonchev–Trinajstić information content (AvgIpc) is 3.23. The van der Waals surface area contributed by atoms with Gasteiger partial charge in [-0.15, -0.1) is 10.2 Å². The van der Waals surface area contributed by atoms with E-state index in [0.717, 1.165) is 16.9 Å². The Morgan fingerprint density at radius 1 is 1.13 bits per heavy atom. The van der Waals surface area contributed by atoms with Gasteiger partial charge in [0.1, 0.15) is 16.5 Å². The molecule has 0 saturated carbocycles. The zero-order valence-corrected chi connectivity index (χ0v) is 17.1. The monoisotopic (exact) mass is 425 g/mol. The maximum Gasteiger partial charge on any atom is 0.329 e. The van der Waals surface area contributed by atoms with E-state index in [9.17, 15) is 9.59 Å². The van der Waals surface area contributed by atoms with E-state index in [2.05, 4.69) is 26.0 Å². The molecule has 30 heavy (non-hydrogen) atoms. The first-order valence-electron chi connectivity index (χ1n) is 8.95. The maximum atomic E-state index is 12.1. The van der Waals surface area contributed by atoms with Gasteiger partial charge in [-0.1, -0.05) is 41.7 Å². The molecule has 3 aromatic rings. The highest BCUT2D eigenvalue weighted by Crippen LogP contribution is 2.26. The quantitative estimate of drug-likeness (QED) is 0.342. The number of hydrogen-bond donors (Lipinski definition) is 2. The van der Waals surface area contributed by atoms with Crippen molar-refractivity contribution in [2.75, 3.05) is 19.0 Å². The molecular formula is C20H19N5O4S. The van der Waals surface area contributed by atoms with Crippen LogP contribution < -0.4 is 20.2 Å². The molecule has 0 spiro atoms. The summed E-state index contributed by atoms with van der Waals surface area (Å²) in [5, 5.41) is 15.0. The number of benzene rings is 2. The molecule has 1 aromatic heterocycles. The number of rotatable bonds is 7. The highest BCUT2D eigenvalue weighted by Gasteiger charge is 2.16. The fourth-order valence-electron chi connectivity index (χ4n) is 2.41. The number of hydrogen-bond acceptors (Lipinski definition) is 8. The van der Waals surface area contributed by atoms with Crippen LogP contribution in [0.25, 0.3) is 10.6 Å². The second kappa shape index (κ2) is 10.1. The SMILES string of the molecule is CCOc1ccc(OC)c(C=NNC(=O)C(=O)Nc2nnc(-c3ccccc3)s2)c1. The minimum absolute atomic E-state index is 0.212. The molecule has 0 atom stereocenters. The topological polar surface area (TPSA) is 115 Å². The van der Waals surface area contributed by atoms with Crippen LogP contribution >= 0.6 is 11.3 Å². The fourth-order valence-corrected chi connectivity index (χ4v) is 3.15. The van der Waals surface area contributed by atoms with Crippen molar-refractivity contribution in [3.63, 3.8) is 0 Å². The van der Waals surface area contributed by atoms with E-state index >= 15 is 0 Å². The smallest absolute Gasteiger partial charge is 0.329 e. The van der Waals surface area contributed by atoms with E-state index in [0.29, 0.717) is 28.7 Å². The summed E-state index contributed by atoms with van der Waals surface area (Å²) in [5.74, 6) is -0.668. The molecule has 0 aliphatic carbocycles. The largest absolute Gasteiger partial charge is 0.496 e. The summed E-state index contributed by atoms with van der Waals surface area (Å²) in [4.78, 5) is 24.1. The number of anilines is 1. The van der Waals surface area contributed by atoms with Gasteiger partial charge in [-0.3, -0.25) is 14.9 Å². The van der Waals surface area contributed by atoms with E-state index in [1.165, 1.54) is 13.3 Å². The van der Waals surface area contributed by atoms with E-state index in [1.807, 2.05) is 37.3 Å². The van der Waals surface area contributed by atoms with Crippen LogP contribution in [0, 0.1) is 0 Å². The third kappa shape index (κ3) is 5.39. The molecule has 0 radical (unpaired) electrons. The van der Waals surface area contributed by atoms with Gasteiger partial charge in [0.25, 0.3) is 0 Å². The van der Waals surface area contributed by atoms with Crippen LogP contribution in [0.5, 0.6) is 11.5 Å². The van der Waals surface area contributed by atoms with E-state index in [4.69, 9.17) is 9.47 Å². The molecular weight excluding hydrogens is 406 g/mol. The Hall–Kier alpha value is -3.79. The minimum atomic E-state index is -0.942. The van der Waals surface area contributed by atoms with E-state index in [-0.39, 0.29) is 5.13 Å². The molecule has 0 unspecified atom stereocenters. The third-order valence-corrected chi connectivity index (χ3v) is 4.64. The number of nitrogens with zero attached hydrogens (tertiary/aromatic N) is 3. The standard InChI is InChI=1S/C20H19N5O4S/c1-3-29-15-9-10-16(28-2)14(11-15)12-21-23-18(27)17(26)22-20-25-24-19(30-20)13-7-5-4-6-8-13/h4-12H,3H2,1-2H3,(H,23,27)(H,22,25,26). The first-order chi connectivity index (χ1) is 14.6. The summed E-state index contributed by atoms with van der Waals surface area (Å²) in [5.41, 5.74) is 3.62. The lowest BCUT2D eigenvalue weighted by Gasteiger charge is -2.08. The lowest BCUT2D eigenvalue weighted by atomic mass is 10.2. The van der Waals surface area contributed by atoms with Gasteiger partial charge in [-0.25, -0.2) is 5.43 Å². The molecule has 1 heterocycles. The molecule has 0 aliphatic rings. The number of hydrazone groups is 1. The van der Waals surface area contributed by atoms with Crippen molar-refractivity contribution in [3.8, 4) is 22.1 Å². The Morgan fingerprint density at radius 3 is 2.67 bits per heavy atom. The minimum Gasteiger partial charge on any atom is -0.496 e. The van der Waals surface area contributed by atoms with Gasteiger partial charge in [-0.05, 0) is 25.1 Å². The molecule has 2 N–H and O–H groups in total. The van der Waals surface area contributed by atoms with Crippen molar-refractivity contribution >= 4 is 34.5 Å². The number of aromatic nitrogens is 2. The summed E-state index contributed by atoms with van der Waals surface area (Å²) < 4.78 is 10.7. The van der Waals surface area contributed by atoms with Crippen LogP contribution in [0.4, 0.5) is 5.13 Å². The Bertz CT molecular complexity index is 1050. The number of ether oxygens (including phenoxy) is 2. The first kappa shape index (κ1) is 20.9. The van der Waals surface area contributed by atoms with Crippen LogP contribution in [0.3, 0.4) is 0 Å². The van der Waals surface area contributed by atoms with Crippen molar-refractivity contribution in [3.05, 3.63) is 54.1 Å². The molecule has 9 nitrogen and oxygen atoms in total. The summed E-state index contributed by atoms with van der Waals surface area (Å²) in [6.07, 6.45) is 1.37. The lowest BCUT2D eigenvalue weighted by Crippen LogP contribution is -2.32. The Labute approximate surface area is 176 Å². The number of carbonyl (C=O) groups excluding carboxylic acids is 2. The second-order valence-electron chi connectivity index (χ2n) is 5.77. The van der Waals surface area contributed by atoms with Crippen molar-refractivity contribution in [1.29, 1.82) is 0 Å². The van der Waals surface area contributed by atoms with E-state index in [1.54, 1.807) is 18.2 Å². The molecule has 0 fully saturated rings. The van der Waals surface area contributed by atoms with Crippen molar-refractivity contribution in [1.82, 2.24) is 15.6 Å². The van der Waals surface area contributed by atoms with Crippen molar-refractivity contribution < 1.29 is 19.1 Å². The first-order valence-corrected chi connectivity index (χ1v) is 9.76. The van der Waals surface area contributed by atoms with Crippen LogP contribution in [0.15, 0.2) is 53.6 Å². The van der Waals surface area contributed by atoms with Gasteiger partial charge < -0.3 is 9.47 Å². The van der Waals surface area contributed by atoms with Gasteiger partial charge >= 0.3 is 11.8 Å². The summed E-state index contributed by atoms with van der Waals surface area (Å²) in [6, 6.07) is 14.6. The number of nitrogens with one attached hydrogen (secondary N) is 2. The van der Waals surface area contributed by atoms with Gasteiger partial charge in [0, 0.05) is 11.1 Å². The van der Waals surface area contributed by atoms with Crippen LogP contribution in [0.1, 0.15) is 12.5 Å². The molecule has 2 amide bonds. The molecule has 0 bridgehead atoms. The molecule has 2 aromatic carbocycles. The predicted molar refractivity (Wildman–Crippen MR) is 114 cm³/mol. The molecule has 0 aliphatic heterocycles. The molecule has 0 saturated heterocycles. The van der Waals surface area contributed by atoms with Crippen molar-refractivity contribution in [2.24, 2.45) is 5.10 Å². The number of carbonyl (C=O) groups is 2. The second-order valence-corrected chi connectivity index (χ2v) is 6.75. The summed E-state index contributed by atoms with van der Waals surface area (Å²) in [7, 11) is 1.52.